The summed E-state index contributed by atoms with van der Waals surface area (Å²) in [6, 6.07) is 0. The van der Waals surface area contributed by atoms with Crippen LogP contribution in [0.3, 0.4) is 0 Å². The van der Waals surface area contributed by atoms with Gasteiger partial charge in [-0.05, 0) is 50.9 Å². The standard InChI is InChI=1S/C18H36O2/c1-7-19-17(6)11-16(5)13-20-18(14(2)3)10-8-9-15(4)12-18/h14-17H,7-13H2,1-6H3. The molecule has 0 bridgehead atoms. The van der Waals surface area contributed by atoms with Gasteiger partial charge in [-0.2, -0.15) is 0 Å². The third-order valence-corrected chi connectivity index (χ3v) is 4.88. The zero-order chi connectivity index (χ0) is 15.2. The molecule has 0 saturated heterocycles. The van der Waals surface area contributed by atoms with E-state index in [9.17, 15) is 0 Å². The summed E-state index contributed by atoms with van der Waals surface area (Å²) in [7, 11) is 0. The minimum atomic E-state index is 0.126. The second-order valence-electron chi connectivity index (χ2n) is 7.34. The van der Waals surface area contributed by atoms with Crippen LogP contribution in [0.2, 0.25) is 0 Å². The fourth-order valence-corrected chi connectivity index (χ4v) is 3.66. The molecule has 1 saturated carbocycles. The lowest BCUT2D eigenvalue weighted by Gasteiger charge is -2.44. The predicted octanol–water partition coefficient (Wildman–Crippen LogP) is 5.06. The van der Waals surface area contributed by atoms with Crippen molar-refractivity contribution >= 4 is 0 Å². The van der Waals surface area contributed by atoms with Gasteiger partial charge in [-0.25, -0.2) is 0 Å². The van der Waals surface area contributed by atoms with Crippen molar-refractivity contribution < 1.29 is 9.47 Å². The number of hydrogen-bond acceptors (Lipinski definition) is 2. The first-order valence-corrected chi connectivity index (χ1v) is 8.65. The third kappa shape index (κ3) is 5.37. The highest BCUT2D eigenvalue weighted by atomic mass is 16.5. The van der Waals surface area contributed by atoms with Gasteiger partial charge in [0, 0.05) is 13.2 Å². The number of ether oxygens (including phenoxy) is 2. The molecular weight excluding hydrogens is 248 g/mol. The van der Waals surface area contributed by atoms with Crippen LogP contribution >= 0.6 is 0 Å². The monoisotopic (exact) mass is 284 g/mol. The van der Waals surface area contributed by atoms with Crippen molar-refractivity contribution in [2.24, 2.45) is 17.8 Å². The lowest BCUT2D eigenvalue weighted by Crippen LogP contribution is -2.43. The number of rotatable bonds is 8. The first-order chi connectivity index (χ1) is 9.39. The maximum absolute atomic E-state index is 6.49. The Morgan fingerprint density at radius 3 is 2.45 bits per heavy atom. The molecule has 1 fully saturated rings. The fraction of sp³-hybridized carbons (Fsp3) is 1.00. The molecule has 0 aromatic heterocycles. The molecule has 0 aromatic carbocycles. The summed E-state index contributed by atoms with van der Waals surface area (Å²) in [5.41, 5.74) is 0.126. The fourth-order valence-electron chi connectivity index (χ4n) is 3.66. The molecule has 1 aliphatic carbocycles. The van der Waals surface area contributed by atoms with E-state index in [-0.39, 0.29) is 5.60 Å². The van der Waals surface area contributed by atoms with E-state index in [2.05, 4.69) is 41.5 Å². The van der Waals surface area contributed by atoms with Crippen molar-refractivity contribution in [2.45, 2.75) is 85.4 Å². The van der Waals surface area contributed by atoms with Gasteiger partial charge in [-0.15, -0.1) is 0 Å². The SMILES string of the molecule is CCOC(C)CC(C)COC1(C(C)C)CCCC(C)C1. The van der Waals surface area contributed by atoms with E-state index in [1.807, 2.05) is 0 Å². The van der Waals surface area contributed by atoms with Gasteiger partial charge < -0.3 is 9.47 Å². The molecule has 1 aliphatic rings. The van der Waals surface area contributed by atoms with E-state index in [0.717, 1.165) is 25.6 Å². The zero-order valence-electron chi connectivity index (χ0n) is 14.6. The van der Waals surface area contributed by atoms with E-state index < -0.39 is 0 Å². The summed E-state index contributed by atoms with van der Waals surface area (Å²) in [5.74, 6) is 2.00. The minimum absolute atomic E-state index is 0.126. The lowest BCUT2D eigenvalue weighted by atomic mass is 9.73. The molecule has 120 valence electrons. The first-order valence-electron chi connectivity index (χ1n) is 8.65. The van der Waals surface area contributed by atoms with E-state index in [1.54, 1.807) is 0 Å². The Labute approximate surface area is 126 Å². The Kier molecular flexibility index (Phi) is 7.53. The molecule has 4 atom stereocenters. The summed E-state index contributed by atoms with van der Waals surface area (Å²) >= 11 is 0. The molecule has 0 N–H and O–H groups in total. The van der Waals surface area contributed by atoms with E-state index in [0.29, 0.717) is 17.9 Å². The van der Waals surface area contributed by atoms with Gasteiger partial charge in [0.25, 0.3) is 0 Å². The van der Waals surface area contributed by atoms with Crippen LogP contribution in [0, 0.1) is 17.8 Å². The molecule has 0 heterocycles. The van der Waals surface area contributed by atoms with Gasteiger partial charge in [0.05, 0.1) is 11.7 Å². The van der Waals surface area contributed by atoms with E-state index in [4.69, 9.17) is 9.47 Å². The minimum Gasteiger partial charge on any atom is -0.379 e. The average molecular weight is 284 g/mol. The van der Waals surface area contributed by atoms with Crippen molar-refractivity contribution in [2.75, 3.05) is 13.2 Å². The maximum atomic E-state index is 6.49. The van der Waals surface area contributed by atoms with Crippen molar-refractivity contribution in [1.29, 1.82) is 0 Å². The second kappa shape index (κ2) is 8.38. The molecule has 0 aliphatic heterocycles. The molecule has 20 heavy (non-hydrogen) atoms. The van der Waals surface area contributed by atoms with E-state index >= 15 is 0 Å². The van der Waals surface area contributed by atoms with Crippen LogP contribution in [-0.4, -0.2) is 24.9 Å². The molecule has 0 spiro atoms. The molecule has 0 aromatic rings. The van der Waals surface area contributed by atoms with Crippen molar-refractivity contribution in [3.05, 3.63) is 0 Å². The van der Waals surface area contributed by atoms with Crippen molar-refractivity contribution in [3.8, 4) is 0 Å². The topological polar surface area (TPSA) is 18.5 Å². The normalized spacial score (nSPS) is 30.4. The van der Waals surface area contributed by atoms with Crippen molar-refractivity contribution in [3.63, 3.8) is 0 Å². The van der Waals surface area contributed by atoms with Crippen LogP contribution in [0.5, 0.6) is 0 Å². The molecular formula is C18H36O2. The molecule has 4 unspecified atom stereocenters. The molecule has 2 nitrogen and oxygen atoms in total. The second-order valence-corrected chi connectivity index (χ2v) is 7.34. The van der Waals surface area contributed by atoms with Gasteiger partial charge in [0.1, 0.15) is 0 Å². The summed E-state index contributed by atoms with van der Waals surface area (Å²) in [4.78, 5) is 0. The average Bonchev–Trinajstić information content (AvgIpc) is 2.36. The van der Waals surface area contributed by atoms with Crippen LogP contribution in [0.4, 0.5) is 0 Å². The van der Waals surface area contributed by atoms with E-state index in [1.165, 1.54) is 25.7 Å². The Bertz CT molecular complexity index is 264. The van der Waals surface area contributed by atoms with Gasteiger partial charge in [-0.1, -0.05) is 40.5 Å². The molecule has 1 rings (SSSR count). The van der Waals surface area contributed by atoms with Crippen LogP contribution in [0.1, 0.15) is 73.6 Å². The molecule has 0 radical (unpaired) electrons. The van der Waals surface area contributed by atoms with Gasteiger partial charge in [0.2, 0.25) is 0 Å². The van der Waals surface area contributed by atoms with Crippen LogP contribution < -0.4 is 0 Å². The summed E-state index contributed by atoms with van der Waals surface area (Å²) in [6.45, 7) is 15.2. The molecule has 0 amide bonds. The summed E-state index contributed by atoms with van der Waals surface area (Å²) in [6.07, 6.45) is 6.61. The summed E-state index contributed by atoms with van der Waals surface area (Å²) in [5, 5.41) is 0. The lowest BCUT2D eigenvalue weighted by molar-refractivity contribution is -0.123. The third-order valence-electron chi connectivity index (χ3n) is 4.88. The smallest absolute Gasteiger partial charge is 0.0708 e. The van der Waals surface area contributed by atoms with Crippen LogP contribution in [-0.2, 0) is 9.47 Å². The Morgan fingerprint density at radius 2 is 1.90 bits per heavy atom. The van der Waals surface area contributed by atoms with Crippen LogP contribution in [0.15, 0.2) is 0 Å². The largest absolute Gasteiger partial charge is 0.379 e. The van der Waals surface area contributed by atoms with Gasteiger partial charge in [-0.3, -0.25) is 0 Å². The number of hydrogen-bond donors (Lipinski definition) is 0. The highest BCUT2D eigenvalue weighted by Gasteiger charge is 2.38. The summed E-state index contributed by atoms with van der Waals surface area (Å²) < 4.78 is 12.1. The Hall–Kier alpha value is -0.0800. The highest BCUT2D eigenvalue weighted by molar-refractivity contribution is 4.90. The van der Waals surface area contributed by atoms with Crippen LogP contribution in [0.25, 0.3) is 0 Å². The highest BCUT2D eigenvalue weighted by Crippen LogP contribution is 2.40. The Morgan fingerprint density at radius 1 is 1.20 bits per heavy atom. The quantitative estimate of drug-likeness (QED) is 0.620. The Balaban J connectivity index is 2.46. The van der Waals surface area contributed by atoms with Crippen molar-refractivity contribution in [1.82, 2.24) is 0 Å². The maximum Gasteiger partial charge on any atom is 0.0708 e. The zero-order valence-corrected chi connectivity index (χ0v) is 14.6. The first kappa shape index (κ1) is 18.0. The van der Waals surface area contributed by atoms with Gasteiger partial charge >= 0.3 is 0 Å². The molecule has 2 heteroatoms. The predicted molar refractivity (Wildman–Crippen MR) is 86.0 cm³/mol. The van der Waals surface area contributed by atoms with Gasteiger partial charge in [0.15, 0.2) is 0 Å².